The van der Waals surface area contributed by atoms with E-state index in [4.69, 9.17) is 25.8 Å². The van der Waals surface area contributed by atoms with Crippen molar-refractivity contribution in [2.75, 3.05) is 6.79 Å². The predicted molar refractivity (Wildman–Crippen MR) is 132 cm³/mol. The number of hydrogen-bond acceptors (Lipinski definition) is 6. The molecule has 0 unspecified atom stereocenters. The predicted octanol–water partition coefficient (Wildman–Crippen LogP) is 5.77. The number of benzene rings is 2. The highest BCUT2D eigenvalue weighted by molar-refractivity contribution is 6.32. The van der Waals surface area contributed by atoms with Crippen LogP contribution in [0.3, 0.4) is 0 Å². The lowest BCUT2D eigenvalue weighted by Gasteiger charge is -2.37. The maximum absolute atomic E-state index is 13.7. The Balaban J connectivity index is 1.62. The fourth-order valence-electron chi connectivity index (χ4n) is 5.07. The van der Waals surface area contributed by atoms with Gasteiger partial charge in [-0.25, -0.2) is 4.79 Å². The van der Waals surface area contributed by atoms with Crippen LogP contribution in [-0.4, -0.2) is 24.6 Å². The molecule has 7 heteroatoms. The normalized spacial score (nSPS) is 22.0. The number of ether oxygens (including phenoxy) is 3. The summed E-state index contributed by atoms with van der Waals surface area (Å²) in [5.41, 5.74) is 4.21. The molecule has 2 heterocycles. The maximum Gasteiger partial charge on any atom is 0.337 e. The number of allylic oxidation sites excluding steroid dienone is 3. The second-order valence-corrected chi connectivity index (χ2v) is 9.69. The minimum absolute atomic E-state index is 0.00678. The SMILES string of the molecule is CC[C@@H](C)OC(=O)C1=C(C)NC2=C(C(=O)C[C@H](c3ccccc3)C2)[C@@H]1c1cc2c(cc1Cl)OCO2. The van der Waals surface area contributed by atoms with E-state index in [1.807, 2.05) is 39.0 Å². The summed E-state index contributed by atoms with van der Waals surface area (Å²) in [6.07, 6.45) is 1.45. The Kier molecular flexibility index (Phi) is 6.32. The molecule has 0 fully saturated rings. The standard InChI is InChI=1S/C28H28ClNO5/c1-4-15(2)35-28(32)25-16(3)30-21-10-18(17-8-6-5-7-9-17)11-22(31)27(21)26(25)19-12-23-24(13-20(19)29)34-14-33-23/h5-9,12-13,15,18,26,30H,4,10-11,14H2,1-3H3/t15-,18-,26-/m1/s1. The van der Waals surface area contributed by atoms with Crippen molar-refractivity contribution in [3.63, 3.8) is 0 Å². The molecule has 2 aromatic rings. The number of nitrogens with one attached hydrogen (secondary N) is 1. The average Bonchev–Trinajstić information content (AvgIpc) is 3.30. The number of carbonyl (C=O) groups excluding carboxylic acids is 2. The van der Waals surface area contributed by atoms with Crippen molar-refractivity contribution < 1.29 is 23.8 Å². The minimum atomic E-state index is -0.658. The highest BCUT2D eigenvalue weighted by Crippen LogP contribution is 2.49. The molecule has 2 aromatic carbocycles. The van der Waals surface area contributed by atoms with Gasteiger partial charge in [0.15, 0.2) is 17.3 Å². The summed E-state index contributed by atoms with van der Waals surface area (Å²) in [5.74, 6) is 0.0341. The molecule has 3 aliphatic rings. The maximum atomic E-state index is 13.7. The fourth-order valence-corrected chi connectivity index (χ4v) is 5.33. The number of dihydropyridines is 1. The Morgan fingerprint density at radius 3 is 2.60 bits per heavy atom. The lowest BCUT2D eigenvalue weighted by molar-refractivity contribution is -0.144. The molecule has 0 aromatic heterocycles. The Morgan fingerprint density at radius 1 is 1.17 bits per heavy atom. The Bertz CT molecular complexity index is 1250. The zero-order chi connectivity index (χ0) is 24.7. The van der Waals surface area contributed by atoms with Gasteiger partial charge in [0, 0.05) is 40.4 Å². The number of carbonyl (C=O) groups is 2. The van der Waals surface area contributed by atoms with Crippen LogP contribution in [0.25, 0.3) is 0 Å². The van der Waals surface area contributed by atoms with Crippen LogP contribution >= 0.6 is 11.6 Å². The molecule has 0 saturated carbocycles. The highest BCUT2D eigenvalue weighted by Gasteiger charge is 2.43. The van der Waals surface area contributed by atoms with Gasteiger partial charge in [0.1, 0.15) is 0 Å². The first-order valence-corrected chi connectivity index (χ1v) is 12.3. The zero-order valence-electron chi connectivity index (χ0n) is 20.0. The number of fused-ring (bicyclic) bond motifs is 1. The van der Waals surface area contributed by atoms with E-state index in [9.17, 15) is 9.59 Å². The molecule has 5 rings (SSSR count). The quantitative estimate of drug-likeness (QED) is 0.533. The van der Waals surface area contributed by atoms with Gasteiger partial charge in [-0.1, -0.05) is 48.9 Å². The summed E-state index contributed by atoms with van der Waals surface area (Å²) in [6.45, 7) is 5.76. The monoisotopic (exact) mass is 493 g/mol. The third-order valence-electron chi connectivity index (χ3n) is 7.00. The van der Waals surface area contributed by atoms with Crippen molar-refractivity contribution in [1.82, 2.24) is 5.32 Å². The first-order valence-electron chi connectivity index (χ1n) is 12.0. The van der Waals surface area contributed by atoms with Gasteiger partial charge in [-0.2, -0.15) is 0 Å². The first kappa shape index (κ1) is 23.5. The molecule has 0 bridgehead atoms. The topological polar surface area (TPSA) is 73.9 Å². The van der Waals surface area contributed by atoms with E-state index in [0.717, 1.165) is 11.3 Å². The second-order valence-electron chi connectivity index (χ2n) is 9.28. The van der Waals surface area contributed by atoms with Gasteiger partial charge in [-0.15, -0.1) is 0 Å². The van der Waals surface area contributed by atoms with E-state index in [1.165, 1.54) is 0 Å². The molecule has 2 aliphatic heterocycles. The van der Waals surface area contributed by atoms with Gasteiger partial charge < -0.3 is 19.5 Å². The molecule has 0 spiro atoms. The van der Waals surface area contributed by atoms with Crippen molar-refractivity contribution >= 4 is 23.4 Å². The third kappa shape index (κ3) is 4.31. The van der Waals surface area contributed by atoms with Gasteiger partial charge >= 0.3 is 5.97 Å². The van der Waals surface area contributed by atoms with E-state index in [0.29, 0.717) is 58.2 Å². The minimum Gasteiger partial charge on any atom is -0.459 e. The van der Waals surface area contributed by atoms with Crippen LogP contribution in [0.4, 0.5) is 0 Å². The highest BCUT2D eigenvalue weighted by atomic mass is 35.5. The van der Waals surface area contributed by atoms with Gasteiger partial charge in [0.25, 0.3) is 0 Å². The number of hydrogen-bond donors (Lipinski definition) is 1. The summed E-state index contributed by atoms with van der Waals surface area (Å²) in [7, 11) is 0. The molecule has 1 N–H and O–H groups in total. The van der Waals surface area contributed by atoms with Gasteiger partial charge in [-0.05, 0) is 49.8 Å². The average molecular weight is 494 g/mol. The second kappa shape index (κ2) is 9.42. The molecule has 0 amide bonds. The molecule has 0 saturated heterocycles. The van der Waals surface area contributed by atoms with E-state index in [1.54, 1.807) is 12.1 Å². The lowest BCUT2D eigenvalue weighted by atomic mass is 9.71. The van der Waals surface area contributed by atoms with Crippen molar-refractivity contribution in [1.29, 1.82) is 0 Å². The van der Waals surface area contributed by atoms with E-state index >= 15 is 0 Å². The number of ketones is 1. The summed E-state index contributed by atoms with van der Waals surface area (Å²) in [5, 5.41) is 3.79. The lowest BCUT2D eigenvalue weighted by Crippen LogP contribution is -2.36. The van der Waals surface area contributed by atoms with Crippen LogP contribution in [0.15, 0.2) is 65.0 Å². The third-order valence-corrected chi connectivity index (χ3v) is 7.33. The van der Waals surface area contributed by atoms with Crippen LogP contribution < -0.4 is 14.8 Å². The molecule has 182 valence electrons. The largest absolute Gasteiger partial charge is 0.459 e. The molecule has 1 aliphatic carbocycles. The van der Waals surface area contributed by atoms with E-state index < -0.39 is 11.9 Å². The Hall–Kier alpha value is -3.25. The van der Waals surface area contributed by atoms with Crippen molar-refractivity contribution in [2.24, 2.45) is 0 Å². The van der Waals surface area contributed by atoms with Crippen molar-refractivity contribution in [3.05, 3.63) is 81.2 Å². The van der Waals surface area contributed by atoms with Crippen LogP contribution in [0.1, 0.15) is 63.0 Å². The van der Waals surface area contributed by atoms with Crippen molar-refractivity contribution in [2.45, 2.75) is 58.0 Å². The van der Waals surface area contributed by atoms with E-state index in [2.05, 4.69) is 17.4 Å². The van der Waals surface area contributed by atoms with Crippen molar-refractivity contribution in [3.8, 4) is 11.5 Å². The van der Waals surface area contributed by atoms with Crippen LogP contribution in [0, 0.1) is 0 Å². The molecule has 3 atom stereocenters. The Labute approximate surface area is 209 Å². The molecule has 6 nitrogen and oxygen atoms in total. The number of Topliss-reactive ketones (excluding diaryl/α,β-unsaturated/α-hetero) is 1. The number of rotatable bonds is 5. The number of esters is 1. The Morgan fingerprint density at radius 2 is 1.89 bits per heavy atom. The zero-order valence-corrected chi connectivity index (χ0v) is 20.8. The summed E-state index contributed by atoms with van der Waals surface area (Å²) >= 11 is 6.73. The summed E-state index contributed by atoms with van der Waals surface area (Å²) in [4.78, 5) is 27.1. The van der Waals surface area contributed by atoms with Gasteiger partial charge in [0.05, 0.1) is 11.7 Å². The van der Waals surface area contributed by atoms with Gasteiger partial charge in [-0.3, -0.25) is 4.79 Å². The van der Waals surface area contributed by atoms with Crippen LogP contribution in [0.5, 0.6) is 11.5 Å². The first-order chi connectivity index (χ1) is 16.9. The number of halogens is 1. The van der Waals surface area contributed by atoms with Crippen LogP contribution in [0.2, 0.25) is 5.02 Å². The van der Waals surface area contributed by atoms with E-state index in [-0.39, 0.29) is 24.6 Å². The fraction of sp³-hybridized carbons (Fsp3) is 0.357. The van der Waals surface area contributed by atoms with Gasteiger partial charge in [0.2, 0.25) is 6.79 Å². The molecular formula is C28H28ClNO5. The molecule has 0 radical (unpaired) electrons. The molecule has 35 heavy (non-hydrogen) atoms. The van der Waals surface area contributed by atoms with Crippen LogP contribution in [-0.2, 0) is 14.3 Å². The smallest absolute Gasteiger partial charge is 0.337 e. The summed E-state index contributed by atoms with van der Waals surface area (Å²) in [6, 6.07) is 13.5. The molecular weight excluding hydrogens is 466 g/mol. The summed E-state index contributed by atoms with van der Waals surface area (Å²) < 4.78 is 16.8.